The molecule has 134 valence electrons. The maximum absolute atomic E-state index is 12.5. The Morgan fingerprint density at radius 1 is 1.08 bits per heavy atom. The number of carbonyl (C=O) groups is 1. The molecule has 0 amide bonds. The monoisotopic (exact) mass is 369 g/mol. The van der Waals surface area contributed by atoms with Crippen molar-refractivity contribution in [3.63, 3.8) is 0 Å². The Morgan fingerprint density at radius 3 is 2.42 bits per heavy atom. The highest BCUT2D eigenvalue weighted by molar-refractivity contribution is 6.31. The van der Waals surface area contributed by atoms with Crippen molar-refractivity contribution in [2.75, 3.05) is 11.9 Å². The van der Waals surface area contributed by atoms with E-state index in [1.165, 1.54) is 0 Å². The van der Waals surface area contributed by atoms with Gasteiger partial charge in [-0.1, -0.05) is 55.8 Å². The van der Waals surface area contributed by atoms with Gasteiger partial charge in [0.1, 0.15) is 0 Å². The van der Waals surface area contributed by atoms with Gasteiger partial charge in [-0.25, -0.2) is 14.8 Å². The fraction of sp³-hybridized carbons (Fsp3) is 0.250. The first kappa shape index (κ1) is 18.1. The molecular weight excluding hydrogens is 350 g/mol. The number of nitrogens with one attached hydrogen (secondary N) is 1. The van der Waals surface area contributed by atoms with Crippen molar-refractivity contribution in [1.29, 1.82) is 0 Å². The van der Waals surface area contributed by atoms with E-state index in [1.54, 1.807) is 0 Å². The smallest absolute Gasteiger partial charge is 0.360 e. The highest BCUT2D eigenvalue weighted by atomic mass is 35.5. The molecular formula is C20H20ClN3O2. The number of fused-ring (bicyclic) bond motifs is 1. The van der Waals surface area contributed by atoms with Crippen LogP contribution in [0.1, 0.15) is 29.9 Å². The Hall–Kier alpha value is -2.66. The van der Waals surface area contributed by atoms with E-state index in [1.807, 2.05) is 62.4 Å². The minimum absolute atomic E-state index is 0.177. The quantitative estimate of drug-likeness (QED) is 0.637. The molecule has 6 heteroatoms. The summed E-state index contributed by atoms with van der Waals surface area (Å²) in [4.78, 5) is 21.5. The van der Waals surface area contributed by atoms with Crippen LogP contribution in [0.3, 0.4) is 0 Å². The molecule has 2 aromatic carbocycles. The van der Waals surface area contributed by atoms with Gasteiger partial charge in [0.15, 0.2) is 11.5 Å². The van der Waals surface area contributed by atoms with Crippen LogP contribution in [-0.2, 0) is 11.3 Å². The zero-order chi connectivity index (χ0) is 18.5. The van der Waals surface area contributed by atoms with Crippen LogP contribution in [0.25, 0.3) is 11.0 Å². The largest absolute Gasteiger partial charge is 0.461 e. The summed E-state index contributed by atoms with van der Waals surface area (Å²) in [6.07, 6.45) is 0. The maximum Gasteiger partial charge on any atom is 0.360 e. The molecule has 1 aromatic heterocycles. The van der Waals surface area contributed by atoms with E-state index in [0.717, 1.165) is 5.56 Å². The van der Waals surface area contributed by atoms with E-state index < -0.39 is 5.97 Å². The second kappa shape index (κ2) is 8.15. The minimum atomic E-state index is -0.487. The number of ether oxygens (including phenoxy) is 1. The number of hydrogen-bond acceptors (Lipinski definition) is 5. The van der Waals surface area contributed by atoms with Gasteiger partial charge in [0.2, 0.25) is 0 Å². The van der Waals surface area contributed by atoms with E-state index >= 15 is 0 Å². The number of rotatable bonds is 6. The van der Waals surface area contributed by atoms with Gasteiger partial charge in [0.05, 0.1) is 17.6 Å². The molecule has 0 unspecified atom stereocenters. The van der Waals surface area contributed by atoms with Crippen LogP contribution in [0.15, 0.2) is 48.5 Å². The summed E-state index contributed by atoms with van der Waals surface area (Å²) < 4.78 is 5.35. The molecule has 0 saturated heterocycles. The zero-order valence-corrected chi connectivity index (χ0v) is 15.5. The predicted molar refractivity (Wildman–Crippen MR) is 103 cm³/mol. The Balaban J connectivity index is 1.91. The molecule has 0 aliphatic heterocycles. The van der Waals surface area contributed by atoms with Crippen LogP contribution in [-0.4, -0.2) is 22.5 Å². The Labute approximate surface area is 157 Å². The second-order valence-corrected chi connectivity index (χ2v) is 6.75. The number of halogens is 1. The lowest BCUT2D eigenvalue weighted by Gasteiger charge is -2.13. The number of anilines is 1. The van der Waals surface area contributed by atoms with Crippen molar-refractivity contribution in [1.82, 2.24) is 9.97 Å². The van der Waals surface area contributed by atoms with Crippen molar-refractivity contribution in [2.24, 2.45) is 5.92 Å². The SMILES string of the molecule is CC(C)COC(=O)c1nc2ccccc2nc1NCc1ccccc1Cl. The first-order chi connectivity index (χ1) is 12.5. The standard InChI is InChI=1S/C20H20ClN3O2/c1-13(2)12-26-20(25)18-19(22-11-14-7-3-4-8-15(14)21)24-17-10-6-5-9-16(17)23-18/h3-10,13H,11-12H2,1-2H3,(H,22,24). The van der Waals surface area contributed by atoms with Gasteiger partial charge < -0.3 is 10.1 Å². The average molecular weight is 370 g/mol. The summed E-state index contributed by atoms with van der Waals surface area (Å²) in [5, 5.41) is 3.82. The fourth-order valence-electron chi connectivity index (χ4n) is 2.40. The molecule has 0 aliphatic rings. The number of aromatic nitrogens is 2. The number of carbonyl (C=O) groups excluding carboxylic acids is 1. The number of nitrogens with zero attached hydrogens (tertiary/aromatic N) is 2. The molecule has 5 nitrogen and oxygen atoms in total. The van der Waals surface area contributed by atoms with E-state index in [2.05, 4.69) is 15.3 Å². The molecule has 1 N–H and O–H groups in total. The third-order valence-electron chi connectivity index (χ3n) is 3.72. The Kier molecular flexibility index (Phi) is 5.68. The summed E-state index contributed by atoms with van der Waals surface area (Å²) >= 11 is 6.20. The molecule has 3 aromatic rings. The normalized spacial score (nSPS) is 10.9. The first-order valence-corrected chi connectivity index (χ1v) is 8.83. The van der Waals surface area contributed by atoms with E-state index in [9.17, 15) is 4.79 Å². The summed E-state index contributed by atoms with van der Waals surface area (Å²) in [7, 11) is 0. The second-order valence-electron chi connectivity index (χ2n) is 6.35. The third kappa shape index (κ3) is 4.29. The van der Waals surface area contributed by atoms with Crippen LogP contribution < -0.4 is 5.32 Å². The van der Waals surface area contributed by atoms with Crippen molar-refractivity contribution in [3.05, 3.63) is 64.8 Å². The fourth-order valence-corrected chi connectivity index (χ4v) is 2.60. The molecule has 0 spiro atoms. The maximum atomic E-state index is 12.5. The van der Waals surface area contributed by atoms with Crippen LogP contribution in [0.5, 0.6) is 0 Å². The molecule has 0 saturated carbocycles. The highest BCUT2D eigenvalue weighted by Gasteiger charge is 2.18. The molecule has 26 heavy (non-hydrogen) atoms. The van der Waals surface area contributed by atoms with E-state index in [0.29, 0.717) is 35.0 Å². The van der Waals surface area contributed by atoms with E-state index in [4.69, 9.17) is 16.3 Å². The number of hydrogen-bond donors (Lipinski definition) is 1. The van der Waals surface area contributed by atoms with Crippen molar-refractivity contribution in [3.8, 4) is 0 Å². The lowest BCUT2D eigenvalue weighted by molar-refractivity contribution is 0.0453. The van der Waals surface area contributed by atoms with Crippen LogP contribution in [0.4, 0.5) is 5.82 Å². The number of benzene rings is 2. The summed E-state index contributed by atoms with van der Waals surface area (Å²) in [6.45, 7) is 4.72. The van der Waals surface area contributed by atoms with Gasteiger partial charge in [-0.05, 0) is 29.7 Å². The predicted octanol–water partition coefficient (Wildman–Crippen LogP) is 4.71. The molecule has 1 heterocycles. The average Bonchev–Trinajstić information content (AvgIpc) is 2.64. The van der Waals surface area contributed by atoms with Gasteiger partial charge in [-0.15, -0.1) is 0 Å². The lowest BCUT2D eigenvalue weighted by Crippen LogP contribution is -2.16. The van der Waals surface area contributed by atoms with Crippen molar-refractivity contribution < 1.29 is 9.53 Å². The number of esters is 1. The molecule has 0 bridgehead atoms. The molecule has 3 rings (SSSR count). The van der Waals surface area contributed by atoms with Crippen LogP contribution in [0, 0.1) is 5.92 Å². The summed E-state index contributed by atoms with van der Waals surface area (Å²) in [5.74, 6) is 0.142. The molecule has 0 radical (unpaired) electrons. The zero-order valence-electron chi connectivity index (χ0n) is 14.7. The Morgan fingerprint density at radius 2 is 1.73 bits per heavy atom. The molecule has 0 aliphatic carbocycles. The minimum Gasteiger partial charge on any atom is -0.461 e. The van der Waals surface area contributed by atoms with Crippen molar-refractivity contribution >= 4 is 34.4 Å². The van der Waals surface area contributed by atoms with Gasteiger partial charge in [0.25, 0.3) is 0 Å². The van der Waals surface area contributed by atoms with Gasteiger partial charge >= 0.3 is 5.97 Å². The molecule has 0 fully saturated rings. The van der Waals surface area contributed by atoms with Gasteiger partial charge in [-0.3, -0.25) is 0 Å². The Bertz CT molecular complexity index is 928. The summed E-state index contributed by atoms with van der Waals surface area (Å²) in [5.41, 5.74) is 2.43. The topological polar surface area (TPSA) is 64.1 Å². The van der Waals surface area contributed by atoms with E-state index in [-0.39, 0.29) is 11.6 Å². The third-order valence-corrected chi connectivity index (χ3v) is 4.08. The van der Waals surface area contributed by atoms with Gasteiger partial charge in [0, 0.05) is 11.6 Å². The molecule has 0 atom stereocenters. The van der Waals surface area contributed by atoms with Crippen molar-refractivity contribution in [2.45, 2.75) is 20.4 Å². The summed E-state index contributed by atoms with van der Waals surface area (Å²) in [6, 6.07) is 14.9. The van der Waals surface area contributed by atoms with Crippen LogP contribution in [0.2, 0.25) is 5.02 Å². The highest BCUT2D eigenvalue weighted by Crippen LogP contribution is 2.21. The van der Waals surface area contributed by atoms with Gasteiger partial charge in [-0.2, -0.15) is 0 Å². The number of para-hydroxylation sites is 2. The lowest BCUT2D eigenvalue weighted by atomic mass is 10.2. The van der Waals surface area contributed by atoms with Crippen LogP contribution >= 0.6 is 11.6 Å². The first-order valence-electron chi connectivity index (χ1n) is 8.46.